The molecule has 0 aliphatic carbocycles. The molecule has 0 bridgehead atoms. The van der Waals surface area contributed by atoms with Gasteiger partial charge < -0.3 is 0 Å². The molecule has 0 atom stereocenters. The van der Waals surface area contributed by atoms with Crippen LogP contribution in [0.15, 0.2) is 17.3 Å². The van der Waals surface area contributed by atoms with Gasteiger partial charge >= 0.3 is 0 Å². The summed E-state index contributed by atoms with van der Waals surface area (Å²) in [5.74, 6) is 0. The van der Waals surface area contributed by atoms with E-state index in [2.05, 4.69) is 10.2 Å². The number of hydrogen-bond acceptors (Lipinski definition) is 4. The molecule has 0 amide bonds. The van der Waals surface area contributed by atoms with Crippen LogP contribution in [0.5, 0.6) is 0 Å². The Morgan fingerprint density at radius 3 is 2.56 bits per heavy atom. The average Bonchev–Trinajstić information content (AvgIpc) is 2.80. The van der Waals surface area contributed by atoms with E-state index in [0.29, 0.717) is 17.3 Å². The van der Waals surface area contributed by atoms with Crippen LogP contribution in [0, 0.1) is 6.92 Å². The van der Waals surface area contributed by atoms with E-state index in [-0.39, 0.29) is 4.90 Å². The van der Waals surface area contributed by atoms with Crippen molar-refractivity contribution in [2.24, 2.45) is 7.05 Å². The zero-order chi connectivity index (χ0) is 13.5. The van der Waals surface area contributed by atoms with Crippen molar-refractivity contribution in [3.8, 4) is 0 Å². The van der Waals surface area contributed by atoms with Gasteiger partial charge in [-0.2, -0.15) is 10.2 Å². The summed E-state index contributed by atoms with van der Waals surface area (Å²) in [6, 6.07) is 0. The van der Waals surface area contributed by atoms with Crippen LogP contribution in [0.25, 0.3) is 0 Å². The maximum Gasteiger partial charge on any atom is 0.264 e. The number of halogens is 2. The summed E-state index contributed by atoms with van der Waals surface area (Å²) in [6.07, 6.45) is 2.54. The highest BCUT2D eigenvalue weighted by molar-refractivity contribution is 8.13. The zero-order valence-electron chi connectivity index (χ0n) is 9.63. The van der Waals surface area contributed by atoms with Gasteiger partial charge in [-0.1, -0.05) is 11.6 Å². The second-order valence-electron chi connectivity index (χ2n) is 3.78. The first-order valence-corrected chi connectivity index (χ1v) is 7.63. The lowest BCUT2D eigenvalue weighted by atomic mass is 10.3. The van der Waals surface area contributed by atoms with E-state index in [0.717, 1.165) is 5.69 Å². The summed E-state index contributed by atoms with van der Waals surface area (Å²) in [5, 5.41) is 8.63. The second-order valence-corrected chi connectivity index (χ2v) is 6.73. The lowest BCUT2D eigenvalue weighted by molar-refractivity contribution is 0.607. The molecular formula is C9H10Cl2N4O2S. The number of aromatic nitrogens is 4. The van der Waals surface area contributed by atoms with Crippen LogP contribution in [-0.4, -0.2) is 28.0 Å². The Morgan fingerprint density at radius 2 is 2.11 bits per heavy atom. The molecule has 0 aliphatic rings. The SMILES string of the molecule is Cc1nn(C)c(Cn2cc(S(=O)(=O)Cl)cn2)c1Cl. The van der Waals surface area contributed by atoms with Gasteiger partial charge in [0.1, 0.15) is 4.90 Å². The molecule has 0 saturated carbocycles. The van der Waals surface area contributed by atoms with Crippen LogP contribution in [0.3, 0.4) is 0 Å². The average molecular weight is 309 g/mol. The van der Waals surface area contributed by atoms with Crippen LogP contribution in [0.4, 0.5) is 0 Å². The highest BCUT2D eigenvalue weighted by atomic mass is 35.7. The van der Waals surface area contributed by atoms with Gasteiger partial charge in [0, 0.05) is 23.9 Å². The fraction of sp³-hybridized carbons (Fsp3) is 0.333. The Bertz CT molecular complexity index is 689. The van der Waals surface area contributed by atoms with Crippen molar-refractivity contribution in [2.45, 2.75) is 18.4 Å². The molecule has 0 spiro atoms. The third kappa shape index (κ3) is 2.52. The van der Waals surface area contributed by atoms with Crippen molar-refractivity contribution in [1.29, 1.82) is 0 Å². The molecule has 2 heterocycles. The molecular weight excluding hydrogens is 299 g/mol. The molecule has 98 valence electrons. The number of rotatable bonds is 3. The number of aryl methyl sites for hydroxylation is 2. The summed E-state index contributed by atoms with van der Waals surface area (Å²) in [6.45, 7) is 2.12. The zero-order valence-corrected chi connectivity index (χ0v) is 12.0. The van der Waals surface area contributed by atoms with Crippen molar-refractivity contribution < 1.29 is 8.42 Å². The highest BCUT2D eigenvalue weighted by Gasteiger charge is 2.15. The molecule has 0 fully saturated rings. The van der Waals surface area contributed by atoms with E-state index in [1.807, 2.05) is 0 Å². The Hall–Kier alpha value is -1.05. The second kappa shape index (κ2) is 4.56. The highest BCUT2D eigenvalue weighted by Crippen LogP contribution is 2.21. The predicted molar refractivity (Wildman–Crippen MR) is 67.3 cm³/mol. The molecule has 2 rings (SSSR count). The van der Waals surface area contributed by atoms with Gasteiger partial charge in [0.05, 0.1) is 29.2 Å². The molecule has 0 unspecified atom stereocenters. The van der Waals surface area contributed by atoms with Gasteiger partial charge in [-0.05, 0) is 6.92 Å². The summed E-state index contributed by atoms with van der Waals surface area (Å²) in [5.41, 5.74) is 1.46. The Morgan fingerprint density at radius 1 is 1.44 bits per heavy atom. The van der Waals surface area contributed by atoms with E-state index in [1.165, 1.54) is 17.1 Å². The lowest BCUT2D eigenvalue weighted by Crippen LogP contribution is -2.06. The maximum absolute atomic E-state index is 11.1. The Balaban J connectivity index is 2.32. The normalized spacial score (nSPS) is 12.0. The predicted octanol–water partition coefficient (Wildman–Crippen LogP) is 1.55. The minimum atomic E-state index is -3.76. The first-order chi connectivity index (χ1) is 8.29. The van der Waals surface area contributed by atoms with Gasteiger partial charge in [-0.25, -0.2) is 8.42 Å². The third-order valence-corrected chi connectivity index (χ3v) is 4.26. The molecule has 2 aromatic heterocycles. The summed E-state index contributed by atoms with van der Waals surface area (Å²) >= 11 is 6.09. The van der Waals surface area contributed by atoms with Crippen LogP contribution in [-0.2, 0) is 22.6 Å². The van der Waals surface area contributed by atoms with Crippen LogP contribution >= 0.6 is 22.3 Å². The molecule has 2 aromatic rings. The molecule has 0 radical (unpaired) electrons. The van der Waals surface area contributed by atoms with E-state index in [9.17, 15) is 8.42 Å². The van der Waals surface area contributed by atoms with Crippen molar-refractivity contribution in [2.75, 3.05) is 0 Å². The fourth-order valence-electron chi connectivity index (χ4n) is 1.56. The minimum Gasteiger partial charge on any atom is -0.269 e. The van der Waals surface area contributed by atoms with Crippen molar-refractivity contribution >= 4 is 31.3 Å². The standard InChI is InChI=1S/C9H10Cl2N4O2S/c1-6-9(10)8(14(2)13-6)5-15-4-7(3-12-15)18(11,16)17/h3-4H,5H2,1-2H3. The summed E-state index contributed by atoms with van der Waals surface area (Å²) in [7, 11) is 3.22. The molecule has 0 aromatic carbocycles. The van der Waals surface area contributed by atoms with Crippen LogP contribution < -0.4 is 0 Å². The first-order valence-electron chi connectivity index (χ1n) is 4.94. The third-order valence-electron chi connectivity index (χ3n) is 2.46. The van der Waals surface area contributed by atoms with Crippen LogP contribution in [0.1, 0.15) is 11.4 Å². The first kappa shape index (κ1) is 13.4. The molecule has 0 saturated heterocycles. The monoisotopic (exact) mass is 308 g/mol. The van der Waals surface area contributed by atoms with Crippen molar-refractivity contribution in [3.05, 3.63) is 28.8 Å². The van der Waals surface area contributed by atoms with Gasteiger partial charge in [0.2, 0.25) is 0 Å². The van der Waals surface area contributed by atoms with E-state index in [4.69, 9.17) is 22.3 Å². The molecule has 0 N–H and O–H groups in total. The summed E-state index contributed by atoms with van der Waals surface area (Å²) < 4.78 is 25.3. The van der Waals surface area contributed by atoms with Crippen molar-refractivity contribution in [1.82, 2.24) is 19.6 Å². The largest absolute Gasteiger partial charge is 0.269 e. The quantitative estimate of drug-likeness (QED) is 0.807. The van der Waals surface area contributed by atoms with Crippen molar-refractivity contribution in [3.63, 3.8) is 0 Å². The molecule has 9 heteroatoms. The number of hydrogen-bond donors (Lipinski definition) is 0. The number of nitrogens with zero attached hydrogens (tertiary/aromatic N) is 4. The fourth-order valence-corrected chi connectivity index (χ4v) is 2.44. The Kier molecular flexibility index (Phi) is 3.39. The van der Waals surface area contributed by atoms with E-state index >= 15 is 0 Å². The van der Waals surface area contributed by atoms with E-state index < -0.39 is 9.05 Å². The van der Waals surface area contributed by atoms with Crippen LogP contribution in [0.2, 0.25) is 5.02 Å². The molecule has 18 heavy (non-hydrogen) atoms. The minimum absolute atomic E-state index is 0.0424. The lowest BCUT2D eigenvalue weighted by Gasteiger charge is -2.02. The molecule has 0 aliphatic heterocycles. The smallest absolute Gasteiger partial charge is 0.264 e. The molecule has 6 nitrogen and oxygen atoms in total. The van der Waals surface area contributed by atoms with Gasteiger partial charge in [0.25, 0.3) is 9.05 Å². The summed E-state index contributed by atoms with van der Waals surface area (Å²) in [4.78, 5) is -0.0424. The Labute approximate surface area is 114 Å². The van der Waals surface area contributed by atoms with E-state index in [1.54, 1.807) is 18.7 Å². The van der Waals surface area contributed by atoms with Gasteiger partial charge in [-0.15, -0.1) is 0 Å². The van der Waals surface area contributed by atoms with Gasteiger partial charge in [0.15, 0.2) is 0 Å². The topological polar surface area (TPSA) is 69.8 Å². The van der Waals surface area contributed by atoms with Gasteiger partial charge in [-0.3, -0.25) is 9.36 Å². The maximum atomic E-state index is 11.1.